The maximum Gasteiger partial charge on any atom is 0.269 e. The first kappa shape index (κ1) is 29.9. The SMILES string of the molecule is C=NC(C[C@@H](C)S(=O)(=O)Nc1nnc(-c2cccc(C(=O)NC)n2)n1-c1c(OC)cccc1OC)=N/C=C(\C)F. The Balaban J connectivity index is 2.18. The van der Waals surface area contributed by atoms with Gasteiger partial charge in [-0.1, -0.05) is 12.1 Å². The molecule has 0 unspecified atom stereocenters. The second-order valence-electron chi connectivity index (χ2n) is 8.26. The minimum atomic E-state index is -4.14. The van der Waals surface area contributed by atoms with Gasteiger partial charge in [0, 0.05) is 13.5 Å². The quantitative estimate of drug-likeness (QED) is 0.262. The zero-order chi connectivity index (χ0) is 29.4. The molecule has 15 heteroatoms. The van der Waals surface area contributed by atoms with E-state index in [1.54, 1.807) is 30.3 Å². The molecule has 0 radical (unpaired) electrons. The van der Waals surface area contributed by atoms with E-state index in [2.05, 4.69) is 41.9 Å². The predicted octanol–water partition coefficient (Wildman–Crippen LogP) is 3.16. The lowest BCUT2D eigenvalue weighted by Crippen LogP contribution is -2.28. The van der Waals surface area contributed by atoms with Crippen LogP contribution >= 0.6 is 0 Å². The fourth-order valence-corrected chi connectivity index (χ4v) is 4.47. The number of pyridine rings is 1. The molecule has 3 rings (SSSR count). The predicted molar refractivity (Wildman–Crippen MR) is 150 cm³/mol. The molecule has 0 spiro atoms. The van der Waals surface area contributed by atoms with Gasteiger partial charge in [0.25, 0.3) is 5.91 Å². The fourth-order valence-electron chi connectivity index (χ4n) is 3.51. The van der Waals surface area contributed by atoms with Gasteiger partial charge in [-0.25, -0.2) is 27.8 Å². The van der Waals surface area contributed by atoms with Gasteiger partial charge in [-0.05, 0) is 44.8 Å². The lowest BCUT2D eigenvalue weighted by atomic mass is 10.2. The van der Waals surface area contributed by atoms with Gasteiger partial charge in [0.1, 0.15) is 40.2 Å². The maximum atomic E-state index is 13.4. The molecule has 2 N–H and O–H groups in total. The second kappa shape index (κ2) is 12.9. The number of aliphatic imine (C=N–C) groups is 2. The van der Waals surface area contributed by atoms with Gasteiger partial charge in [0.15, 0.2) is 5.82 Å². The molecule has 40 heavy (non-hydrogen) atoms. The Morgan fingerprint density at radius 2 is 1.82 bits per heavy atom. The number of amidine groups is 1. The number of allylic oxidation sites excluding steroid dienone is 1. The average molecular weight is 573 g/mol. The van der Waals surface area contributed by atoms with Crippen LogP contribution in [-0.4, -0.2) is 73.1 Å². The number of carbonyl (C=O) groups is 1. The Morgan fingerprint density at radius 1 is 1.18 bits per heavy atom. The number of anilines is 1. The van der Waals surface area contributed by atoms with E-state index in [-0.39, 0.29) is 41.1 Å². The molecule has 2 aromatic heterocycles. The summed E-state index contributed by atoms with van der Waals surface area (Å²) >= 11 is 0. The Kier molecular flexibility index (Phi) is 9.66. The van der Waals surface area contributed by atoms with Crippen LogP contribution in [0.1, 0.15) is 30.8 Å². The van der Waals surface area contributed by atoms with Crippen LogP contribution in [0.4, 0.5) is 10.3 Å². The Labute approximate surface area is 230 Å². The summed E-state index contributed by atoms with van der Waals surface area (Å²) in [5, 5.41) is 9.69. The van der Waals surface area contributed by atoms with Gasteiger partial charge in [-0.3, -0.25) is 14.1 Å². The first-order valence-corrected chi connectivity index (χ1v) is 13.3. The van der Waals surface area contributed by atoms with Gasteiger partial charge in [0.2, 0.25) is 16.0 Å². The molecule has 1 amide bonds. The lowest BCUT2D eigenvalue weighted by Gasteiger charge is -2.19. The minimum Gasteiger partial charge on any atom is -0.494 e. The highest BCUT2D eigenvalue weighted by Crippen LogP contribution is 2.37. The number of hydrogen-bond acceptors (Lipinski definition) is 9. The van der Waals surface area contributed by atoms with Gasteiger partial charge in [-0.15, -0.1) is 10.2 Å². The Bertz CT molecular complexity index is 1540. The third-order valence-electron chi connectivity index (χ3n) is 5.53. The number of methoxy groups -OCH3 is 2. The largest absolute Gasteiger partial charge is 0.494 e. The number of nitrogens with zero attached hydrogens (tertiary/aromatic N) is 6. The van der Waals surface area contributed by atoms with Crippen LogP contribution in [0.2, 0.25) is 0 Å². The fraction of sp³-hybridized carbons (Fsp3) is 0.280. The van der Waals surface area contributed by atoms with Crippen molar-refractivity contribution in [2.24, 2.45) is 9.98 Å². The van der Waals surface area contributed by atoms with Crippen molar-refractivity contribution in [3.8, 4) is 28.7 Å². The molecule has 0 saturated carbocycles. The van der Waals surface area contributed by atoms with Crippen molar-refractivity contribution in [3.05, 3.63) is 54.1 Å². The van der Waals surface area contributed by atoms with Crippen molar-refractivity contribution in [1.82, 2.24) is 25.1 Å². The summed E-state index contributed by atoms with van der Waals surface area (Å²) in [5.41, 5.74) is 0.612. The van der Waals surface area contributed by atoms with E-state index in [4.69, 9.17) is 9.47 Å². The van der Waals surface area contributed by atoms with Gasteiger partial charge >= 0.3 is 0 Å². The molecule has 1 atom stereocenters. The summed E-state index contributed by atoms with van der Waals surface area (Å²) in [5.74, 6) is -0.457. The van der Waals surface area contributed by atoms with E-state index in [9.17, 15) is 17.6 Å². The number of aromatic nitrogens is 4. The van der Waals surface area contributed by atoms with Crippen LogP contribution in [-0.2, 0) is 10.0 Å². The highest BCUT2D eigenvalue weighted by Gasteiger charge is 2.29. The van der Waals surface area contributed by atoms with Crippen LogP contribution in [0.3, 0.4) is 0 Å². The van der Waals surface area contributed by atoms with Crippen LogP contribution in [0.15, 0.2) is 58.4 Å². The van der Waals surface area contributed by atoms with Crippen LogP contribution < -0.4 is 19.5 Å². The maximum absolute atomic E-state index is 13.4. The van der Waals surface area contributed by atoms with Crippen molar-refractivity contribution >= 4 is 34.4 Å². The summed E-state index contributed by atoms with van der Waals surface area (Å²) in [4.78, 5) is 24.1. The number of benzene rings is 1. The molecule has 2 heterocycles. The van der Waals surface area contributed by atoms with Crippen molar-refractivity contribution in [2.75, 3.05) is 26.0 Å². The summed E-state index contributed by atoms with van der Waals surface area (Å²) in [6.45, 7) is 6.00. The highest BCUT2D eigenvalue weighted by molar-refractivity contribution is 7.93. The van der Waals surface area contributed by atoms with E-state index < -0.39 is 27.0 Å². The molecule has 13 nitrogen and oxygen atoms in total. The smallest absolute Gasteiger partial charge is 0.269 e. The van der Waals surface area contributed by atoms with E-state index >= 15 is 0 Å². The number of nitrogens with one attached hydrogen (secondary N) is 2. The summed E-state index contributed by atoms with van der Waals surface area (Å²) < 4.78 is 54.8. The zero-order valence-corrected chi connectivity index (χ0v) is 23.4. The summed E-state index contributed by atoms with van der Waals surface area (Å²) in [7, 11) is 0.208. The van der Waals surface area contributed by atoms with Gasteiger partial charge in [-0.2, -0.15) is 0 Å². The third kappa shape index (κ3) is 6.66. The Morgan fingerprint density at radius 3 is 2.40 bits per heavy atom. The molecule has 0 fully saturated rings. The first-order chi connectivity index (χ1) is 19.1. The minimum absolute atomic E-state index is 0.0265. The number of hydrogen-bond donors (Lipinski definition) is 2. The highest BCUT2D eigenvalue weighted by atomic mass is 32.2. The molecule has 212 valence electrons. The molecular formula is C25H29FN8O5S. The van der Waals surface area contributed by atoms with Gasteiger partial charge < -0.3 is 14.8 Å². The first-order valence-electron chi connectivity index (χ1n) is 11.8. The zero-order valence-electron chi connectivity index (χ0n) is 22.5. The van der Waals surface area contributed by atoms with Crippen LogP contribution in [0, 0.1) is 0 Å². The van der Waals surface area contributed by atoms with E-state index in [0.717, 1.165) is 6.20 Å². The summed E-state index contributed by atoms with van der Waals surface area (Å²) in [6, 6.07) is 9.71. The standard InChI is InChI=1S/C25H29FN8O5S/c1-15(26)14-29-21(27-3)13-16(2)40(36,37)33-25-32-31-23(17-9-7-10-18(30-17)24(35)28-4)34(25)22-19(38-5)11-8-12-20(22)39-6/h7-12,14,16H,3,13H2,1-2,4-6H3,(H,28,35)(H,32,33)/b15-14+,29-21?/t16-/m1/s1. The number of ether oxygens (including phenoxy) is 2. The number of rotatable bonds is 11. The van der Waals surface area contributed by atoms with Crippen LogP contribution in [0.25, 0.3) is 17.2 Å². The number of amides is 1. The van der Waals surface area contributed by atoms with Crippen LogP contribution in [0.5, 0.6) is 11.5 Å². The molecule has 0 bridgehead atoms. The van der Waals surface area contributed by atoms with Crippen molar-refractivity contribution in [2.45, 2.75) is 25.5 Å². The monoisotopic (exact) mass is 572 g/mol. The topological polar surface area (TPSA) is 162 Å². The van der Waals surface area contributed by atoms with E-state index in [1.165, 1.54) is 45.7 Å². The van der Waals surface area contributed by atoms with E-state index in [0.29, 0.717) is 11.5 Å². The van der Waals surface area contributed by atoms with Crippen molar-refractivity contribution in [1.29, 1.82) is 0 Å². The van der Waals surface area contributed by atoms with Gasteiger partial charge in [0.05, 0.1) is 25.7 Å². The molecular weight excluding hydrogens is 543 g/mol. The normalized spacial score (nSPS) is 12.9. The van der Waals surface area contributed by atoms with Crippen molar-refractivity contribution < 1.29 is 27.1 Å². The van der Waals surface area contributed by atoms with Crippen molar-refractivity contribution in [3.63, 3.8) is 0 Å². The number of para-hydroxylation sites is 1. The molecule has 0 aliphatic heterocycles. The molecule has 0 aliphatic carbocycles. The molecule has 1 aromatic carbocycles. The number of carbonyl (C=O) groups excluding carboxylic acids is 1. The lowest BCUT2D eigenvalue weighted by molar-refractivity contribution is 0.0958. The molecule has 0 aliphatic rings. The number of halogens is 1. The number of sulfonamides is 1. The second-order valence-corrected chi connectivity index (χ2v) is 10.4. The van der Waals surface area contributed by atoms with E-state index in [1.807, 2.05) is 0 Å². The third-order valence-corrected chi connectivity index (χ3v) is 7.23. The summed E-state index contributed by atoms with van der Waals surface area (Å²) in [6.07, 6.45) is 0.755. The molecule has 0 saturated heterocycles. The average Bonchev–Trinajstić information content (AvgIpc) is 3.36. The Hall–Kier alpha value is -4.66. The molecule has 3 aromatic rings.